The van der Waals surface area contributed by atoms with Gasteiger partial charge >= 0.3 is 0 Å². The van der Waals surface area contributed by atoms with Gasteiger partial charge in [-0.15, -0.1) is 0 Å². The topological polar surface area (TPSA) is 55.1 Å². The van der Waals surface area contributed by atoms with E-state index in [1.165, 1.54) is 0 Å². The highest BCUT2D eigenvalue weighted by Crippen LogP contribution is 2.17. The lowest BCUT2D eigenvalue weighted by Gasteiger charge is -2.05. The Labute approximate surface area is 112 Å². The fourth-order valence-corrected chi connectivity index (χ4v) is 2.00. The first-order valence-electron chi connectivity index (χ1n) is 5.45. The van der Waals surface area contributed by atoms with Gasteiger partial charge in [-0.25, -0.2) is 9.50 Å². The summed E-state index contributed by atoms with van der Waals surface area (Å²) >= 11 is 3.41. The Morgan fingerprint density at radius 1 is 1.28 bits per heavy atom. The van der Waals surface area contributed by atoms with Crippen LogP contribution in [0.25, 0.3) is 5.65 Å². The first-order chi connectivity index (χ1) is 8.83. The fourth-order valence-electron chi connectivity index (χ4n) is 1.63. The quantitative estimate of drug-likeness (QED) is 0.808. The Morgan fingerprint density at radius 3 is 3.06 bits per heavy atom. The van der Waals surface area contributed by atoms with Crippen molar-refractivity contribution in [2.75, 3.05) is 5.32 Å². The highest BCUT2D eigenvalue weighted by atomic mass is 79.9. The van der Waals surface area contributed by atoms with Gasteiger partial charge in [-0.1, -0.05) is 6.07 Å². The molecule has 0 unspecified atom stereocenters. The minimum Gasteiger partial charge on any atom is -0.366 e. The third kappa shape index (κ3) is 2.19. The van der Waals surface area contributed by atoms with Gasteiger partial charge in [-0.05, 0) is 33.6 Å². The molecule has 90 valence electrons. The maximum absolute atomic E-state index is 4.47. The Bertz CT molecular complexity index is 665. The third-order valence-electron chi connectivity index (χ3n) is 2.52. The van der Waals surface area contributed by atoms with Crippen LogP contribution in [0, 0.1) is 0 Å². The molecule has 0 aromatic carbocycles. The van der Waals surface area contributed by atoms with Crippen LogP contribution in [0.1, 0.15) is 5.56 Å². The van der Waals surface area contributed by atoms with Gasteiger partial charge in [-0.3, -0.25) is 4.98 Å². The maximum Gasteiger partial charge on any atom is 0.171 e. The summed E-state index contributed by atoms with van der Waals surface area (Å²) in [6.07, 6.45) is 7.20. The lowest BCUT2D eigenvalue weighted by atomic mass is 10.3. The molecule has 0 radical (unpaired) electrons. The molecular weight excluding hydrogens is 294 g/mol. The summed E-state index contributed by atoms with van der Waals surface area (Å²) in [4.78, 5) is 8.54. The van der Waals surface area contributed by atoms with E-state index in [0.29, 0.717) is 6.54 Å². The molecule has 5 nitrogen and oxygen atoms in total. The second kappa shape index (κ2) is 4.73. The molecule has 3 aromatic heterocycles. The molecular formula is C12H10BrN5. The van der Waals surface area contributed by atoms with Gasteiger partial charge in [-0.2, -0.15) is 5.10 Å². The molecule has 0 amide bonds. The zero-order chi connectivity index (χ0) is 12.4. The summed E-state index contributed by atoms with van der Waals surface area (Å²) in [7, 11) is 0. The zero-order valence-electron chi connectivity index (χ0n) is 9.42. The van der Waals surface area contributed by atoms with Crippen LogP contribution in [0.15, 0.2) is 47.5 Å². The van der Waals surface area contributed by atoms with Crippen molar-refractivity contribution < 1.29 is 0 Å². The van der Waals surface area contributed by atoms with E-state index >= 15 is 0 Å². The number of aromatic nitrogens is 4. The summed E-state index contributed by atoms with van der Waals surface area (Å²) in [6, 6.07) is 5.83. The van der Waals surface area contributed by atoms with Crippen molar-refractivity contribution in [1.29, 1.82) is 0 Å². The number of fused-ring (bicyclic) bond motifs is 1. The number of hydrogen-bond acceptors (Lipinski definition) is 4. The SMILES string of the molecule is Brc1cnn2ccc(NCc3cccnc3)nc12. The Morgan fingerprint density at radius 2 is 2.22 bits per heavy atom. The van der Waals surface area contributed by atoms with Crippen molar-refractivity contribution in [1.82, 2.24) is 19.6 Å². The molecule has 0 aliphatic rings. The normalized spacial score (nSPS) is 10.7. The van der Waals surface area contributed by atoms with Crippen LogP contribution >= 0.6 is 15.9 Å². The van der Waals surface area contributed by atoms with Gasteiger partial charge < -0.3 is 5.32 Å². The smallest absolute Gasteiger partial charge is 0.171 e. The number of nitrogens with one attached hydrogen (secondary N) is 1. The van der Waals surface area contributed by atoms with Crippen molar-refractivity contribution in [3.63, 3.8) is 0 Å². The molecule has 3 heterocycles. The number of rotatable bonds is 3. The van der Waals surface area contributed by atoms with Crippen LogP contribution in [0.4, 0.5) is 5.82 Å². The molecule has 3 aromatic rings. The summed E-state index contributed by atoms with van der Waals surface area (Å²) < 4.78 is 2.60. The number of anilines is 1. The van der Waals surface area contributed by atoms with Crippen molar-refractivity contribution in [3.05, 3.63) is 53.0 Å². The first kappa shape index (κ1) is 11.2. The largest absolute Gasteiger partial charge is 0.366 e. The summed E-state index contributed by atoms with van der Waals surface area (Å²) in [5, 5.41) is 7.40. The summed E-state index contributed by atoms with van der Waals surface area (Å²) in [5.41, 5.74) is 1.91. The number of pyridine rings is 1. The molecule has 0 spiro atoms. The Balaban J connectivity index is 1.80. The molecule has 1 N–H and O–H groups in total. The van der Waals surface area contributed by atoms with Gasteiger partial charge in [0.25, 0.3) is 0 Å². The van der Waals surface area contributed by atoms with E-state index in [9.17, 15) is 0 Å². The average molecular weight is 304 g/mol. The first-order valence-corrected chi connectivity index (χ1v) is 6.25. The zero-order valence-corrected chi connectivity index (χ0v) is 11.0. The van der Waals surface area contributed by atoms with Crippen LogP contribution < -0.4 is 5.32 Å². The van der Waals surface area contributed by atoms with E-state index in [2.05, 4.69) is 36.3 Å². The Hall–Kier alpha value is -1.95. The van der Waals surface area contributed by atoms with Gasteiger partial charge in [0.15, 0.2) is 5.65 Å². The van der Waals surface area contributed by atoms with Gasteiger partial charge in [0, 0.05) is 25.1 Å². The van der Waals surface area contributed by atoms with Crippen molar-refractivity contribution >= 4 is 27.4 Å². The highest BCUT2D eigenvalue weighted by Gasteiger charge is 2.03. The van der Waals surface area contributed by atoms with E-state index in [4.69, 9.17) is 0 Å². The fraction of sp³-hybridized carbons (Fsp3) is 0.0833. The molecule has 0 aliphatic heterocycles. The van der Waals surface area contributed by atoms with E-state index in [-0.39, 0.29) is 0 Å². The van der Waals surface area contributed by atoms with E-state index in [1.807, 2.05) is 30.6 Å². The van der Waals surface area contributed by atoms with E-state index in [1.54, 1.807) is 16.9 Å². The molecule has 0 saturated heterocycles. The molecule has 0 saturated carbocycles. The average Bonchev–Trinajstić information content (AvgIpc) is 2.79. The predicted octanol–water partition coefficient (Wildman–Crippen LogP) is 2.50. The minimum absolute atomic E-state index is 0.697. The minimum atomic E-state index is 0.697. The molecule has 0 aliphatic carbocycles. The number of nitrogens with zero attached hydrogens (tertiary/aromatic N) is 4. The lowest BCUT2D eigenvalue weighted by Crippen LogP contribution is -2.02. The van der Waals surface area contributed by atoms with Crippen LogP contribution in [-0.2, 0) is 6.54 Å². The van der Waals surface area contributed by atoms with Crippen LogP contribution in [0.3, 0.4) is 0 Å². The second-order valence-corrected chi connectivity index (χ2v) is 4.64. The van der Waals surface area contributed by atoms with Gasteiger partial charge in [0.2, 0.25) is 0 Å². The second-order valence-electron chi connectivity index (χ2n) is 3.79. The third-order valence-corrected chi connectivity index (χ3v) is 3.08. The van der Waals surface area contributed by atoms with Crippen molar-refractivity contribution in [2.45, 2.75) is 6.54 Å². The van der Waals surface area contributed by atoms with Crippen molar-refractivity contribution in [3.8, 4) is 0 Å². The molecule has 0 bridgehead atoms. The molecule has 3 rings (SSSR count). The van der Waals surface area contributed by atoms with Crippen LogP contribution in [-0.4, -0.2) is 19.6 Å². The van der Waals surface area contributed by atoms with E-state index in [0.717, 1.165) is 21.5 Å². The maximum atomic E-state index is 4.47. The molecule has 0 atom stereocenters. The van der Waals surface area contributed by atoms with Crippen molar-refractivity contribution in [2.24, 2.45) is 0 Å². The molecule has 18 heavy (non-hydrogen) atoms. The molecule has 0 fully saturated rings. The summed E-state index contributed by atoms with van der Waals surface area (Å²) in [5.74, 6) is 0.813. The summed E-state index contributed by atoms with van der Waals surface area (Å²) in [6.45, 7) is 0.697. The lowest BCUT2D eigenvalue weighted by molar-refractivity contribution is 0.936. The highest BCUT2D eigenvalue weighted by molar-refractivity contribution is 9.10. The van der Waals surface area contributed by atoms with Gasteiger partial charge in [0.1, 0.15) is 5.82 Å². The molecule has 6 heteroatoms. The van der Waals surface area contributed by atoms with Crippen LogP contribution in [0.5, 0.6) is 0 Å². The Kier molecular flexibility index (Phi) is 2.93. The monoisotopic (exact) mass is 303 g/mol. The van der Waals surface area contributed by atoms with Crippen LogP contribution in [0.2, 0.25) is 0 Å². The number of hydrogen-bond donors (Lipinski definition) is 1. The standard InChI is InChI=1S/C12H10BrN5/c13-10-8-16-18-5-3-11(17-12(10)18)15-7-9-2-1-4-14-6-9/h1-6,8H,7H2,(H,15,17). The predicted molar refractivity (Wildman–Crippen MR) is 72.3 cm³/mol. The number of halogens is 1. The van der Waals surface area contributed by atoms with Gasteiger partial charge in [0.05, 0.1) is 10.7 Å². The van der Waals surface area contributed by atoms with E-state index < -0.39 is 0 Å².